The Kier molecular flexibility index (Phi) is 10.0. The number of carbonyl (C=O) groups excluding carboxylic acids is 3. The third-order valence-corrected chi connectivity index (χ3v) is 8.55. The van der Waals surface area contributed by atoms with Crippen LogP contribution in [0.4, 0.5) is 5.69 Å². The standard InChI is InChI=1S/C28H36N4O6S/c1-2-38-27(34)17-23-16-21-18-31(14-11-25(21)39-23)28(35)24(15-20-3-6-22(7-4-20)32(36)37)30-26(33)8-5-19-9-12-29-13-10-19/h3-4,6-7,16,19,24,29H,2,5,8-15,17-18H2,1H3,(H,30,33)/t24-/m0/s1. The number of benzene rings is 1. The topological polar surface area (TPSA) is 131 Å². The van der Waals surface area contributed by atoms with Crippen molar-refractivity contribution in [3.8, 4) is 0 Å². The van der Waals surface area contributed by atoms with Gasteiger partial charge in [0.1, 0.15) is 6.04 Å². The summed E-state index contributed by atoms with van der Waals surface area (Å²) in [5.41, 5.74) is 1.74. The Balaban J connectivity index is 1.43. The molecule has 1 saturated heterocycles. The summed E-state index contributed by atoms with van der Waals surface area (Å²) in [6.45, 7) is 4.98. The molecule has 1 atom stereocenters. The zero-order valence-electron chi connectivity index (χ0n) is 22.3. The molecule has 3 heterocycles. The van der Waals surface area contributed by atoms with Crippen molar-refractivity contribution < 1.29 is 24.0 Å². The van der Waals surface area contributed by atoms with E-state index in [9.17, 15) is 24.5 Å². The van der Waals surface area contributed by atoms with Crippen LogP contribution < -0.4 is 10.6 Å². The molecule has 2 aliphatic rings. The number of esters is 1. The summed E-state index contributed by atoms with van der Waals surface area (Å²) in [7, 11) is 0. The zero-order chi connectivity index (χ0) is 27.8. The van der Waals surface area contributed by atoms with Gasteiger partial charge in [0.2, 0.25) is 11.8 Å². The number of fused-ring (bicyclic) bond motifs is 1. The van der Waals surface area contributed by atoms with E-state index in [0.717, 1.165) is 53.2 Å². The molecule has 39 heavy (non-hydrogen) atoms. The van der Waals surface area contributed by atoms with E-state index >= 15 is 0 Å². The number of thiophene rings is 1. The van der Waals surface area contributed by atoms with Gasteiger partial charge in [0, 0.05) is 47.8 Å². The monoisotopic (exact) mass is 556 g/mol. The first-order valence-electron chi connectivity index (χ1n) is 13.6. The Hall–Kier alpha value is -3.31. The van der Waals surface area contributed by atoms with E-state index in [4.69, 9.17) is 4.74 Å². The summed E-state index contributed by atoms with van der Waals surface area (Å²) in [6.07, 6.45) is 4.40. The van der Waals surface area contributed by atoms with Crippen molar-refractivity contribution in [1.29, 1.82) is 0 Å². The van der Waals surface area contributed by atoms with Gasteiger partial charge in [-0.3, -0.25) is 24.5 Å². The number of nitrogens with zero attached hydrogens (tertiary/aromatic N) is 2. The highest BCUT2D eigenvalue weighted by Gasteiger charge is 2.30. The molecule has 2 aliphatic heterocycles. The average molecular weight is 557 g/mol. The normalized spacial score (nSPS) is 16.3. The van der Waals surface area contributed by atoms with Crippen molar-refractivity contribution in [2.75, 3.05) is 26.2 Å². The molecule has 2 N–H and O–H groups in total. The number of nitro benzene ring substituents is 1. The molecule has 0 radical (unpaired) electrons. The summed E-state index contributed by atoms with van der Waals surface area (Å²) in [5, 5.41) is 17.4. The van der Waals surface area contributed by atoms with E-state index in [-0.39, 0.29) is 36.3 Å². The summed E-state index contributed by atoms with van der Waals surface area (Å²) in [6, 6.07) is 7.30. The minimum absolute atomic E-state index is 0.0210. The van der Waals surface area contributed by atoms with Gasteiger partial charge in [-0.1, -0.05) is 12.1 Å². The average Bonchev–Trinajstić information content (AvgIpc) is 3.33. The third kappa shape index (κ3) is 8.09. The molecule has 1 aromatic carbocycles. The fourth-order valence-corrected chi connectivity index (χ4v) is 6.36. The molecule has 0 bridgehead atoms. The van der Waals surface area contributed by atoms with Crippen LogP contribution >= 0.6 is 11.3 Å². The number of ether oxygens (including phenoxy) is 1. The lowest BCUT2D eigenvalue weighted by Crippen LogP contribution is -2.50. The van der Waals surface area contributed by atoms with Crippen molar-refractivity contribution in [1.82, 2.24) is 15.5 Å². The Labute approximate surface area is 232 Å². The fraction of sp³-hybridized carbons (Fsp3) is 0.536. The van der Waals surface area contributed by atoms with Crippen LogP contribution in [0.1, 0.15) is 53.5 Å². The van der Waals surface area contributed by atoms with Crippen molar-refractivity contribution in [2.45, 2.75) is 64.5 Å². The summed E-state index contributed by atoms with van der Waals surface area (Å²) < 4.78 is 5.06. The molecular weight excluding hydrogens is 520 g/mol. The lowest BCUT2D eigenvalue weighted by molar-refractivity contribution is -0.384. The van der Waals surface area contributed by atoms with Gasteiger partial charge in [-0.15, -0.1) is 11.3 Å². The maximum Gasteiger partial charge on any atom is 0.311 e. The maximum atomic E-state index is 13.7. The lowest BCUT2D eigenvalue weighted by Gasteiger charge is -2.31. The van der Waals surface area contributed by atoms with E-state index in [1.807, 2.05) is 6.07 Å². The largest absolute Gasteiger partial charge is 0.466 e. The van der Waals surface area contributed by atoms with Gasteiger partial charge < -0.3 is 20.3 Å². The number of nitrogens with one attached hydrogen (secondary N) is 2. The van der Waals surface area contributed by atoms with Gasteiger partial charge in [-0.2, -0.15) is 0 Å². The van der Waals surface area contributed by atoms with E-state index in [0.29, 0.717) is 38.5 Å². The first-order valence-corrected chi connectivity index (χ1v) is 14.4. The van der Waals surface area contributed by atoms with Crippen LogP contribution in [0.3, 0.4) is 0 Å². The fourth-order valence-electron chi connectivity index (χ4n) is 5.21. The number of nitro groups is 1. The maximum absolute atomic E-state index is 13.7. The van der Waals surface area contributed by atoms with E-state index < -0.39 is 11.0 Å². The molecule has 0 unspecified atom stereocenters. The summed E-state index contributed by atoms with van der Waals surface area (Å²) in [5.74, 6) is -0.0887. The predicted molar refractivity (Wildman–Crippen MR) is 147 cm³/mol. The molecule has 2 aromatic rings. The lowest BCUT2D eigenvalue weighted by atomic mass is 9.93. The number of non-ortho nitro benzene ring substituents is 1. The van der Waals surface area contributed by atoms with Crippen LogP contribution in [0.25, 0.3) is 0 Å². The smallest absolute Gasteiger partial charge is 0.311 e. The highest BCUT2D eigenvalue weighted by molar-refractivity contribution is 7.12. The molecule has 0 saturated carbocycles. The Morgan fingerprint density at radius 1 is 1.23 bits per heavy atom. The Morgan fingerprint density at radius 3 is 2.67 bits per heavy atom. The number of rotatable bonds is 11. The molecular formula is C28H36N4O6S. The second-order valence-electron chi connectivity index (χ2n) is 10.1. The van der Waals surface area contributed by atoms with Crippen LogP contribution in [0.5, 0.6) is 0 Å². The first-order chi connectivity index (χ1) is 18.8. The molecule has 11 heteroatoms. The molecule has 0 aliphatic carbocycles. The van der Waals surface area contributed by atoms with Crippen LogP contribution in [0.15, 0.2) is 30.3 Å². The number of hydrogen-bond donors (Lipinski definition) is 2. The number of carbonyl (C=O) groups is 3. The zero-order valence-corrected chi connectivity index (χ0v) is 23.1. The molecule has 2 amide bonds. The second kappa shape index (κ2) is 13.7. The minimum atomic E-state index is -0.772. The molecule has 10 nitrogen and oxygen atoms in total. The highest BCUT2D eigenvalue weighted by Crippen LogP contribution is 2.29. The van der Waals surface area contributed by atoms with Crippen molar-refractivity contribution in [3.05, 3.63) is 61.3 Å². The Bertz CT molecular complexity index is 1180. The molecule has 4 rings (SSSR count). The second-order valence-corrected chi connectivity index (χ2v) is 11.4. The van der Waals surface area contributed by atoms with Gasteiger partial charge >= 0.3 is 5.97 Å². The van der Waals surface area contributed by atoms with Crippen LogP contribution in [-0.4, -0.2) is 59.9 Å². The Morgan fingerprint density at radius 2 is 1.97 bits per heavy atom. The predicted octanol–water partition coefficient (Wildman–Crippen LogP) is 3.15. The molecule has 0 spiro atoms. The van der Waals surface area contributed by atoms with Crippen molar-refractivity contribution >= 4 is 34.8 Å². The van der Waals surface area contributed by atoms with E-state index in [1.165, 1.54) is 12.1 Å². The molecule has 1 aromatic heterocycles. The van der Waals surface area contributed by atoms with Gasteiger partial charge in [0.05, 0.1) is 18.0 Å². The first kappa shape index (κ1) is 28.7. The van der Waals surface area contributed by atoms with Gasteiger partial charge in [-0.05, 0) is 68.8 Å². The van der Waals surface area contributed by atoms with E-state index in [1.54, 1.807) is 35.3 Å². The summed E-state index contributed by atoms with van der Waals surface area (Å²) >= 11 is 1.58. The van der Waals surface area contributed by atoms with Gasteiger partial charge in [0.25, 0.3) is 5.69 Å². The number of amides is 2. The minimum Gasteiger partial charge on any atom is -0.466 e. The molecule has 210 valence electrons. The van der Waals surface area contributed by atoms with E-state index in [2.05, 4.69) is 10.6 Å². The van der Waals surface area contributed by atoms with Gasteiger partial charge in [0.15, 0.2) is 0 Å². The number of piperidine rings is 1. The van der Waals surface area contributed by atoms with Crippen molar-refractivity contribution in [2.24, 2.45) is 5.92 Å². The van der Waals surface area contributed by atoms with Gasteiger partial charge in [-0.25, -0.2) is 0 Å². The van der Waals surface area contributed by atoms with Crippen LogP contribution in [0.2, 0.25) is 0 Å². The third-order valence-electron chi connectivity index (χ3n) is 7.31. The quantitative estimate of drug-likeness (QED) is 0.247. The SMILES string of the molecule is CCOC(=O)Cc1cc2c(s1)CCN(C(=O)[C@H](Cc1ccc([N+](=O)[O-])cc1)NC(=O)CCC1CCNCC1)C2. The van der Waals surface area contributed by atoms with Crippen LogP contribution in [0, 0.1) is 16.0 Å². The summed E-state index contributed by atoms with van der Waals surface area (Å²) in [4.78, 5) is 53.0. The highest BCUT2D eigenvalue weighted by atomic mass is 32.1. The van der Waals surface area contributed by atoms with Crippen LogP contribution in [-0.2, 0) is 44.9 Å². The number of hydrogen-bond acceptors (Lipinski definition) is 8. The van der Waals surface area contributed by atoms with Crippen molar-refractivity contribution in [3.63, 3.8) is 0 Å². The molecule has 1 fully saturated rings.